The summed E-state index contributed by atoms with van der Waals surface area (Å²) in [4.78, 5) is 0. The number of hydrogen-bond acceptors (Lipinski definition) is 2. The number of ether oxygens (including phenoxy) is 2. The third-order valence-electron chi connectivity index (χ3n) is 7.86. The number of unbranched alkanes of at least 4 members (excludes halogenated alkanes) is 18. The molecule has 0 aromatic rings. The molecular weight excluding hydrogens is 428 g/mol. The monoisotopic (exact) mass is 492 g/mol. The molecule has 1 rings (SSSR count). The van der Waals surface area contributed by atoms with Crippen molar-refractivity contribution in [2.24, 2.45) is 5.92 Å². The fourth-order valence-corrected chi connectivity index (χ4v) is 5.42. The van der Waals surface area contributed by atoms with Crippen molar-refractivity contribution >= 4 is 0 Å². The Kier molecular flexibility index (Phi) is 21.3. The summed E-state index contributed by atoms with van der Waals surface area (Å²) < 4.78 is 12.9. The van der Waals surface area contributed by atoms with Crippen molar-refractivity contribution in [3.05, 3.63) is 12.2 Å². The molecule has 208 valence electrons. The van der Waals surface area contributed by atoms with Crippen LogP contribution in [0.1, 0.15) is 175 Å². The molecular formula is C33H64O2. The lowest BCUT2D eigenvalue weighted by Gasteiger charge is -2.25. The molecule has 0 bridgehead atoms. The molecule has 35 heavy (non-hydrogen) atoms. The van der Waals surface area contributed by atoms with Gasteiger partial charge in [0.05, 0.1) is 6.61 Å². The van der Waals surface area contributed by atoms with Crippen molar-refractivity contribution < 1.29 is 9.47 Å². The van der Waals surface area contributed by atoms with E-state index in [0.717, 1.165) is 6.61 Å². The highest BCUT2D eigenvalue weighted by Gasteiger charge is 2.38. The summed E-state index contributed by atoms with van der Waals surface area (Å²) in [5, 5.41) is 0. The Morgan fingerprint density at radius 3 is 1.54 bits per heavy atom. The van der Waals surface area contributed by atoms with Crippen molar-refractivity contribution in [3.8, 4) is 0 Å². The summed E-state index contributed by atoms with van der Waals surface area (Å²) in [6, 6.07) is 0. The van der Waals surface area contributed by atoms with Crippen LogP contribution >= 0.6 is 0 Å². The quantitative estimate of drug-likeness (QED) is 0.0931. The van der Waals surface area contributed by atoms with E-state index in [0.29, 0.717) is 5.92 Å². The second-order valence-electron chi connectivity index (χ2n) is 11.6. The van der Waals surface area contributed by atoms with Crippen LogP contribution in [0.5, 0.6) is 0 Å². The smallest absolute Gasteiger partial charge is 0.161 e. The van der Waals surface area contributed by atoms with E-state index in [9.17, 15) is 0 Å². The van der Waals surface area contributed by atoms with Crippen LogP contribution in [0, 0.1) is 5.92 Å². The first kappa shape index (κ1) is 32.7. The van der Waals surface area contributed by atoms with E-state index in [1.165, 1.54) is 148 Å². The van der Waals surface area contributed by atoms with Gasteiger partial charge in [0, 0.05) is 5.92 Å². The summed E-state index contributed by atoms with van der Waals surface area (Å²) in [6.07, 6.45) is 35.9. The first-order valence-electron chi connectivity index (χ1n) is 16.1. The van der Waals surface area contributed by atoms with Gasteiger partial charge in [-0.2, -0.15) is 0 Å². The van der Waals surface area contributed by atoms with E-state index in [2.05, 4.69) is 39.8 Å². The lowest BCUT2D eigenvalue weighted by molar-refractivity contribution is -0.112. The van der Waals surface area contributed by atoms with Gasteiger partial charge in [-0.25, -0.2) is 0 Å². The van der Waals surface area contributed by atoms with Crippen LogP contribution in [0.4, 0.5) is 0 Å². The lowest BCUT2D eigenvalue weighted by Crippen LogP contribution is -2.28. The molecule has 0 aromatic heterocycles. The molecule has 1 saturated heterocycles. The topological polar surface area (TPSA) is 18.5 Å². The largest absolute Gasteiger partial charge is 0.349 e. The maximum Gasteiger partial charge on any atom is 0.161 e. The molecule has 0 aliphatic carbocycles. The van der Waals surface area contributed by atoms with Gasteiger partial charge in [-0.3, -0.25) is 0 Å². The summed E-state index contributed by atoms with van der Waals surface area (Å²) in [6.45, 7) is 9.83. The molecule has 3 atom stereocenters. The van der Waals surface area contributed by atoms with Crippen molar-refractivity contribution in [2.45, 2.75) is 187 Å². The third kappa shape index (κ3) is 17.7. The van der Waals surface area contributed by atoms with Gasteiger partial charge in [-0.05, 0) is 32.6 Å². The normalized spacial score (nSPS) is 21.3. The molecule has 1 aliphatic heterocycles. The molecule has 2 nitrogen and oxygen atoms in total. The van der Waals surface area contributed by atoms with Crippen molar-refractivity contribution in [3.63, 3.8) is 0 Å². The Hall–Kier alpha value is -0.340. The maximum atomic E-state index is 6.58. The summed E-state index contributed by atoms with van der Waals surface area (Å²) in [7, 11) is 0. The lowest BCUT2D eigenvalue weighted by atomic mass is 9.93. The number of allylic oxidation sites excluding steroid dienone is 1. The van der Waals surface area contributed by atoms with E-state index in [1.807, 2.05) is 0 Å². The SMILES string of the molecule is CCCCCCCC/C=C/C1(C)COC(C(CCCCCCCC)CCCCCCCCCC)O1. The molecule has 0 N–H and O–H groups in total. The van der Waals surface area contributed by atoms with Gasteiger partial charge in [0.2, 0.25) is 0 Å². The molecule has 2 heteroatoms. The minimum Gasteiger partial charge on any atom is -0.349 e. The third-order valence-corrected chi connectivity index (χ3v) is 7.86. The van der Waals surface area contributed by atoms with Crippen LogP contribution in [0.25, 0.3) is 0 Å². The van der Waals surface area contributed by atoms with Crippen LogP contribution < -0.4 is 0 Å². The van der Waals surface area contributed by atoms with Gasteiger partial charge in [0.1, 0.15) is 5.60 Å². The Bertz CT molecular complexity index is 474. The van der Waals surface area contributed by atoms with E-state index in [-0.39, 0.29) is 11.9 Å². The van der Waals surface area contributed by atoms with Gasteiger partial charge in [0.25, 0.3) is 0 Å². The Balaban J connectivity index is 2.38. The fourth-order valence-electron chi connectivity index (χ4n) is 5.42. The van der Waals surface area contributed by atoms with E-state index >= 15 is 0 Å². The molecule has 0 saturated carbocycles. The predicted molar refractivity (Wildman–Crippen MR) is 155 cm³/mol. The highest BCUT2D eigenvalue weighted by molar-refractivity contribution is 5.02. The average Bonchev–Trinajstić information content (AvgIpc) is 3.25. The zero-order valence-corrected chi connectivity index (χ0v) is 24.6. The first-order chi connectivity index (χ1) is 17.1. The van der Waals surface area contributed by atoms with Crippen LogP contribution in [-0.4, -0.2) is 18.5 Å². The zero-order chi connectivity index (χ0) is 25.5. The van der Waals surface area contributed by atoms with E-state index in [4.69, 9.17) is 9.47 Å². The van der Waals surface area contributed by atoms with E-state index in [1.54, 1.807) is 0 Å². The molecule has 0 aromatic carbocycles. The van der Waals surface area contributed by atoms with Crippen LogP contribution in [0.2, 0.25) is 0 Å². The van der Waals surface area contributed by atoms with Gasteiger partial charge in [-0.1, -0.05) is 155 Å². The van der Waals surface area contributed by atoms with Gasteiger partial charge < -0.3 is 9.47 Å². The molecule has 1 fully saturated rings. The second kappa shape index (κ2) is 22.8. The second-order valence-corrected chi connectivity index (χ2v) is 11.6. The highest BCUT2D eigenvalue weighted by Crippen LogP contribution is 2.33. The summed E-state index contributed by atoms with van der Waals surface area (Å²) in [5.41, 5.74) is -0.231. The molecule has 1 heterocycles. The van der Waals surface area contributed by atoms with Gasteiger partial charge in [-0.15, -0.1) is 0 Å². The van der Waals surface area contributed by atoms with E-state index < -0.39 is 0 Å². The minimum absolute atomic E-state index is 0.00103. The van der Waals surface area contributed by atoms with Crippen LogP contribution in [0.3, 0.4) is 0 Å². The van der Waals surface area contributed by atoms with Crippen LogP contribution in [-0.2, 0) is 9.47 Å². The molecule has 1 aliphatic rings. The zero-order valence-electron chi connectivity index (χ0n) is 24.6. The number of rotatable bonds is 25. The molecule has 0 radical (unpaired) electrons. The van der Waals surface area contributed by atoms with Crippen molar-refractivity contribution in [2.75, 3.05) is 6.61 Å². The van der Waals surface area contributed by atoms with Crippen LogP contribution in [0.15, 0.2) is 12.2 Å². The Morgan fingerprint density at radius 1 is 0.629 bits per heavy atom. The Labute approximate surface area is 221 Å². The first-order valence-corrected chi connectivity index (χ1v) is 16.1. The fraction of sp³-hybridized carbons (Fsp3) is 0.939. The molecule has 0 spiro atoms. The minimum atomic E-state index is -0.231. The summed E-state index contributed by atoms with van der Waals surface area (Å²) >= 11 is 0. The molecule has 0 amide bonds. The Morgan fingerprint density at radius 2 is 1.06 bits per heavy atom. The maximum absolute atomic E-state index is 6.58. The predicted octanol–water partition coefficient (Wildman–Crippen LogP) is 11.3. The van der Waals surface area contributed by atoms with Gasteiger partial charge >= 0.3 is 0 Å². The number of hydrogen-bond donors (Lipinski definition) is 0. The molecule has 3 unspecified atom stereocenters. The summed E-state index contributed by atoms with van der Waals surface area (Å²) in [5.74, 6) is 0.565. The van der Waals surface area contributed by atoms with Crippen molar-refractivity contribution in [1.82, 2.24) is 0 Å². The highest BCUT2D eigenvalue weighted by atomic mass is 16.7. The average molecular weight is 493 g/mol. The van der Waals surface area contributed by atoms with Gasteiger partial charge in [0.15, 0.2) is 6.29 Å². The standard InChI is InChI=1S/C33H64O2/c1-5-8-11-14-17-19-22-25-28-31(27-24-21-16-13-10-7-3)32-34-30-33(4,35-32)29-26-23-20-18-15-12-9-6-2/h26,29,31-32H,5-25,27-28,30H2,1-4H3/b29-26+. The van der Waals surface area contributed by atoms with Crippen molar-refractivity contribution in [1.29, 1.82) is 0 Å².